The van der Waals surface area contributed by atoms with Gasteiger partial charge in [-0.15, -0.1) is 0 Å². The number of nitrogens with zero attached hydrogens (tertiary/aromatic N) is 4. The predicted octanol–water partition coefficient (Wildman–Crippen LogP) is 3.44. The van der Waals surface area contributed by atoms with Gasteiger partial charge in [-0.25, -0.2) is 9.55 Å². The molecule has 4 rings (SSSR count). The van der Waals surface area contributed by atoms with E-state index in [2.05, 4.69) is 16.0 Å². The van der Waals surface area contributed by atoms with Crippen molar-refractivity contribution in [2.24, 2.45) is 0 Å². The fourth-order valence-corrected chi connectivity index (χ4v) is 4.98. The van der Waals surface area contributed by atoms with Gasteiger partial charge in [0.2, 0.25) is 0 Å². The lowest BCUT2D eigenvalue weighted by Gasteiger charge is -2.19. The molecule has 6 heteroatoms. The van der Waals surface area contributed by atoms with Crippen molar-refractivity contribution in [3.8, 4) is 5.82 Å². The molecule has 1 aliphatic rings. The Morgan fingerprint density at radius 1 is 1.15 bits per heavy atom. The molecular weight excluding hydrogens is 356 g/mol. The quantitative estimate of drug-likeness (QED) is 0.636. The van der Waals surface area contributed by atoms with Crippen molar-refractivity contribution in [2.75, 3.05) is 19.0 Å². The third-order valence-corrected chi connectivity index (χ3v) is 6.26. The Morgan fingerprint density at radius 2 is 1.96 bits per heavy atom. The van der Waals surface area contributed by atoms with Gasteiger partial charge in [0.25, 0.3) is 0 Å². The molecule has 0 amide bonds. The minimum absolute atomic E-state index is 0.441. The molecule has 5 nitrogen and oxygen atoms in total. The van der Waals surface area contributed by atoms with E-state index < -0.39 is 11.2 Å². The van der Waals surface area contributed by atoms with Gasteiger partial charge in [0, 0.05) is 42.7 Å². The first kappa shape index (κ1) is 18.1. The Bertz CT molecular complexity index is 967. The zero-order chi connectivity index (χ0) is 19.0. The first-order valence-corrected chi connectivity index (χ1v) is 10.5. The highest BCUT2D eigenvalue weighted by atomic mass is 32.2. The van der Waals surface area contributed by atoms with Gasteiger partial charge in [-0.05, 0) is 43.9 Å². The topological polar surface area (TPSA) is 57.0 Å². The molecule has 27 heavy (non-hydrogen) atoms. The Labute approximate surface area is 163 Å². The normalized spacial score (nSPS) is 14.2. The first-order valence-electron chi connectivity index (χ1n) is 9.22. The SMILES string of the molecule is Cc1cccnc1-n1c([S+]([O-])Cc2ccccc2N(C)C)nc2c1CCC2. The van der Waals surface area contributed by atoms with Gasteiger partial charge in [0.05, 0.1) is 11.4 Å². The molecule has 0 aliphatic heterocycles. The molecule has 140 valence electrons. The number of rotatable bonds is 5. The molecular formula is C21H24N4OS. The summed E-state index contributed by atoms with van der Waals surface area (Å²) in [7, 11) is 4.02. The molecule has 0 radical (unpaired) electrons. The fraction of sp³-hybridized carbons (Fsp3) is 0.333. The number of para-hydroxylation sites is 1. The lowest BCUT2D eigenvalue weighted by Crippen LogP contribution is -2.17. The summed E-state index contributed by atoms with van der Waals surface area (Å²) in [5.74, 6) is 1.29. The molecule has 1 aliphatic carbocycles. The van der Waals surface area contributed by atoms with Crippen molar-refractivity contribution in [3.63, 3.8) is 0 Å². The van der Waals surface area contributed by atoms with Gasteiger partial charge in [-0.2, -0.15) is 4.98 Å². The van der Waals surface area contributed by atoms with Crippen LogP contribution in [0.1, 0.15) is 28.9 Å². The van der Waals surface area contributed by atoms with Crippen molar-refractivity contribution in [1.82, 2.24) is 14.5 Å². The summed E-state index contributed by atoms with van der Waals surface area (Å²) in [6.07, 6.45) is 4.80. The number of hydrogen-bond acceptors (Lipinski definition) is 4. The third kappa shape index (κ3) is 3.35. The van der Waals surface area contributed by atoms with E-state index in [-0.39, 0.29) is 0 Å². The zero-order valence-corrected chi connectivity index (χ0v) is 16.8. The van der Waals surface area contributed by atoms with E-state index in [4.69, 9.17) is 4.98 Å². The van der Waals surface area contributed by atoms with Crippen LogP contribution in [0.2, 0.25) is 0 Å². The second-order valence-corrected chi connectivity index (χ2v) is 8.48. The lowest BCUT2D eigenvalue weighted by atomic mass is 10.2. The Kier molecular flexibility index (Phi) is 4.93. The average molecular weight is 381 g/mol. The van der Waals surface area contributed by atoms with E-state index in [0.29, 0.717) is 10.9 Å². The predicted molar refractivity (Wildman–Crippen MR) is 109 cm³/mol. The highest BCUT2D eigenvalue weighted by Crippen LogP contribution is 2.31. The van der Waals surface area contributed by atoms with Gasteiger partial charge < -0.3 is 9.45 Å². The van der Waals surface area contributed by atoms with Crippen LogP contribution < -0.4 is 4.90 Å². The van der Waals surface area contributed by atoms with Crippen LogP contribution in [-0.2, 0) is 29.8 Å². The van der Waals surface area contributed by atoms with Crippen molar-refractivity contribution < 1.29 is 4.55 Å². The van der Waals surface area contributed by atoms with E-state index in [1.165, 1.54) is 5.69 Å². The van der Waals surface area contributed by atoms with E-state index in [1.54, 1.807) is 6.20 Å². The highest BCUT2D eigenvalue weighted by Gasteiger charge is 2.31. The van der Waals surface area contributed by atoms with Crippen molar-refractivity contribution in [1.29, 1.82) is 0 Å². The summed E-state index contributed by atoms with van der Waals surface area (Å²) in [4.78, 5) is 11.4. The number of hydrogen-bond donors (Lipinski definition) is 0. The van der Waals surface area contributed by atoms with Crippen LogP contribution in [-0.4, -0.2) is 33.2 Å². The van der Waals surface area contributed by atoms with Crippen LogP contribution in [0.5, 0.6) is 0 Å². The monoisotopic (exact) mass is 380 g/mol. The van der Waals surface area contributed by atoms with Crippen LogP contribution in [0.15, 0.2) is 47.8 Å². The van der Waals surface area contributed by atoms with Gasteiger partial charge in [0.15, 0.2) is 0 Å². The number of aromatic nitrogens is 3. The number of benzene rings is 1. The smallest absolute Gasteiger partial charge is 0.329 e. The molecule has 3 aromatic rings. The highest BCUT2D eigenvalue weighted by molar-refractivity contribution is 7.90. The molecule has 0 saturated heterocycles. The molecule has 1 atom stereocenters. The minimum atomic E-state index is -1.25. The van der Waals surface area contributed by atoms with Crippen molar-refractivity contribution >= 4 is 16.9 Å². The summed E-state index contributed by atoms with van der Waals surface area (Å²) < 4.78 is 15.4. The molecule has 2 aromatic heterocycles. The minimum Gasteiger partial charge on any atom is -0.609 e. The fourth-order valence-electron chi connectivity index (χ4n) is 3.71. The largest absolute Gasteiger partial charge is 0.609 e. The van der Waals surface area contributed by atoms with Crippen LogP contribution in [0, 0.1) is 6.92 Å². The van der Waals surface area contributed by atoms with E-state index in [0.717, 1.165) is 47.6 Å². The average Bonchev–Trinajstić information content (AvgIpc) is 3.24. The van der Waals surface area contributed by atoms with Crippen LogP contribution in [0.3, 0.4) is 0 Å². The second kappa shape index (κ2) is 7.37. The van der Waals surface area contributed by atoms with Crippen molar-refractivity contribution in [3.05, 3.63) is 65.1 Å². The van der Waals surface area contributed by atoms with Crippen molar-refractivity contribution in [2.45, 2.75) is 37.1 Å². The number of aryl methyl sites for hydroxylation is 2. The van der Waals surface area contributed by atoms with Crippen LogP contribution in [0.25, 0.3) is 5.82 Å². The molecule has 0 fully saturated rings. The van der Waals surface area contributed by atoms with E-state index in [1.807, 2.05) is 55.9 Å². The summed E-state index contributed by atoms with van der Waals surface area (Å²) in [6, 6.07) is 12.1. The molecule has 0 bridgehead atoms. The van der Waals surface area contributed by atoms with Gasteiger partial charge >= 0.3 is 5.16 Å². The molecule has 1 aromatic carbocycles. The maximum atomic E-state index is 13.4. The number of pyridine rings is 1. The molecule has 0 saturated carbocycles. The zero-order valence-electron chi connectivity index (χ0n) is 16.0. The standard InChI is InChI=1S/C21H24N4OS/c1-15-8-7-13-22-20(15)25-19-12-6-10-17(19)23-21(25)27(26)14-16-9-4-5-11-18(16)24(2)3/h4-5,7-9,11,13H,6,10,12,14H2,1-3H3. The maximum absolute atomic E-state index is 13.4. The van der Waals surface area contributed by atoms with E-state index >= 15 is 0 Å². The van der Waals surface area contributed by atoms with Gasteiger partial charge in [-0.1, -0.05) is 24.3 Å². The summed E-state index contributed by atoms with van der Waals surface area (Å²) in [6.45, 7) is 2.04. The van der Waals surface area contributed by atoms with E-state index in [9.17, 15) is 4.55 Å². The first-order chi connectivity index (χ1) is 13.1. The number of imidazole rings is 1. The second-order valence-electron chi connectivity index (χ2n) is 7.13. The summed E-state index contributed by atoms with van der Waals surface area (Å²) in [5.41, 5.74) is 5.46. The number of fused-ring (bicyclic) bond motifs is 1. The maximum Gasteiger partial charge on any atom is 0.329 e. The molecule has 0 spiro atoms. The Hall–Kier alpha value is -2.31. The van der Waals surface area contributed by atoms with Crippen LogP contribution >= 0.6 is 0 Å². The summed E-state index contributed by atoms with van der Waals surface area (Å²) >= 11 is -1.25. The summed E-state index contributed by atoms with van der Waals surface area (Å²) in [5, 5.41) is 0.620. The lowest BCUT2D eigenvalue weighted by molar-refractivity contribution is 0.579. The van der Waals surface area contributed by atoms with Crippen LogP contribution in [0.4, 0.5) is 5.69 Å². The Balaban J connectivity index is 1.76. The van der Waals surface area contributed by atoms with Gasteiger partial charge in [0.1, 0.15) is 11.6 Å². The third-order valence-electron chi connectivity index (χ3n) is 5.01. The molecule has 1 unspecified atom stereocenters. The molecule has 2 heterocycles. The Morgan fingerprint density at radius 3 is 2.74 bits per heavy atom. The molecule has 0 N–H and O–H groups in total. The van der Waals surface area contributed by atoms with Gasteiger partial charge in [-0.3, -0.25) is 0 Å². The number of anilines is 1.